The van der Waals surface area contributed by atoms with Crippen LogP contribution in [-0.2, 0) is 12.1 Å². The molecule has 2 rings (SSSR count). The Kier molecular flexibility index (Phi) is 3.30. The van der Waals surface area contributed by atoms with E-state index in [0.717, 1.165) is 10.1 Å². The van der Waals surface area contributed by atoms with Crippen LogP contribution in [0.5, 0.6) is 0 Å². The van der Waals surface area contributed by atoms with Crippen LogP contribution in [0.25, 0.3) is 5.69 Å². The van der Waals surface area contributed by atoms with E-state index in [2.05, 4.69) is 10.2 Å². The Balaban J connectivity index is 2.65. The van der Waals surface area contributed by atoms with E-state index in [1.54, 1.807) is 31.2 Å². The highest BCUT2D eigenvalue weighted by Crippen LogP contribution is 2.30. The topological polar surface area (TPSA) is 30.7 Å². The van der Waals surface area contributed by atoms with Gasteiger partial charge in [-0.25, -0.2) is 0 Å². The molecule has 1 heterocycles. The van der Waals surface area contributed by atoms with Crippen LogP contribution in [0.4, 0.5) is 13.2 Å². The van der Waals surface area contributed by atoms with Gasteiger partial charge in [-0.2, -0.15) is 13.2 Å². The van der Waals surface area contributed by atoms with Crippen LogP contribution in [0.3, 0.4) is 0 Å². The highest BCUT2D eigenvalue weighted by atomic mass is 35.5. The lowest BCUT2D eigenvalue weighted by atomic mass is 10.2. The molecular formula is C11H9ClF3N3. The summed E-state index contributed by atoms with van der Waals surface area (Å²) in [6.45, 7) is 1.79. The van der Waals surface area contributed by atoms with Crippen LogP contribution in [0.1, 0.15) is 17.2 Å². The van der Waals surface area contributed by atoms with Crippen LogP contribution in [0.15, 0.2) is 24.3 Å². The van der Waals surface area contributed by atoms with Crippen LogP contribution < -0.4 is 0 Å². The summed E-state index contributed by atoms with van der Waals surface area (Å²) < 4.78 is 39.4. The fourth-order valence-electron chi connectivity index (χ4n) is 1.63. The summed E-state index contributed by atoms with van der Waals surface area (Å²) >= 11 is 5.59. The van der Waals surface area contributed by atoms with Gasteiger partial charge < -0.3 is 0 Å². The minimum Gasteiger partial charge on any atom is -0.274 e. The van der Waals surface area contributed by atoms with E-state index in [9.17, 15) is 13.2 Å². The van der Waals surface area contributed by atoms with Gasteiger partial charge in [0.2, 0.25) is 5.82 Å². The molecule has 0 radical (unpaired) electrons. The first kappa shape index (κ1) is 12.9. The van der Waals surface area contributed by atoms with Gasteiger partial charge in [0.1, 0.15) is 0 Å². The van der Waals surface area contributed by atoms with Gasteiger partial charge in [-0.3, -0.25) is 4.57 Å². The van der Waals surface area contributed by atoms with Gasteiger partial charge in [-0.15, -0.1) is 21.8 Å². The number of aromatic nitrogens is 3. The van der Waals surface area contributed by atoms with Crippen molar-refractivity contribution in [1.29, 1.82) is 0 Å². The summed E-state index contributed by atoms with van der Waals surface area (Å²) in [5, 5.41) is 6.64. The third kappa shape index (κ3) is 2.33. The van der Waals surface area contributed by atoms with Gasteiger partial charge in [0.15, 0.2) is 5.82 Å². The summed E-state index contributed by atoms with van der Waals surface area (Å²) in [6, 6.07) is 6.64. The van der Waals surface area contributed by atoms with Crippen molar-refractivity contribution in [3.8, 4) is 5.69 Å². The summed E-state index contributed by atoms with van der Waals surface area (Å²) in [7, 11) is 0. The Morgan fingerprint density at radius 3 is 2.56 bits per heavy atom. The van der Waals surface area contributed by atoms with E-state index < -0.39 is 12.0 Å². The average Bonchev–Trinajstić information content (AvgIpc) is 2.72. The average molecular weight is 276 g/mol. The largest absolute Gasteiger partial charge is 0.452 e. The molecule has 0 fully saturated rings. The summed E-state index contributed by atoms with van der Waals surface area (Å²) in [6.07, 6.45) is -4.57. The zero-order chi connectivity index (χ0) is 13.3. The van der Waals surface area contributed by atoms with E-state index in [-0.39, 0.29) is 11.7 Å². The van der Waals surface area contributed by atoms with Crippen LogP contribution >= 0.6 is 11.6 Å². The second kappa shape index (κ2) is 4.61. The van der Waals surface area contributed by atoms with Crippen molar-refractivity contribution in [2.75, 3.05) is 0 Å². The van der Waals surface area contributed by atoms with E-state index in [1.807, 2.05) is 0 Å². The van der Waals surface area contributed by atoms with Crippen molar-refractivity contribution in [3.05, 3.63) is 41.5 Å². The molecule has 0 aliphatic rings. The molecule has 0 saturated heterocycles. The van der Waals surface area contributed by atoms with Gasteiger partial charge in [-0.1, -0.05) is 12.1 Å². The fraction of sp³-hybridized carbons (Fsp3) is 0.273. The minimum absolute atomic E-state index is 0.0644. The molecule has 1 aromatic carbocycles. The summed E-state index contributed by atoms with van der Waals surface area (Å²) in [5.41, 5.74) is 1.19. The third-order valence-electron chi connectivity index (χ3n) is 2.36. The van der Waals surface area contributed by atoms with Crippen molar-refractivity contribution in [2.24, 2.45) is 0 Å². The van der Waals surface area contributed by atoms with Crippen molar-refractivity contribution < 1.29 is 13.2 Å². The van der Waals surface area contributed by atoms with Crippen molar-refractivity contribution in [2.45, 2.75) is 19.0 Å². The van der Waals surface area contributed by atoms with Gasteiger partial charge >= 0.3 is 6.18 Å². The number of benzene rings is 1. The number of rotatable bonds is 2. The summed E-state index contributed by atoms with van der Waals surface area (Å²) in [5.74, 6) is -1.14. The molecule has 0 aliphatic heterocycles. The maximum absolute atomic E-state index is 12.8. The number of hydrogen-bond donors (Lipinski definition) is 0. The maximum atomic E-state index is 12.8. The Morgan fingerprint density at radius 2 is 2.00 bits per heavy atom. The lowest BCUT2D eigenvalue weighted by molar-refractivity contribution is -0.146. The molecule has 18 heavy (non-hydrogen) atoms. The standard InChI is InChI=1S/C11H9ClF3N3/c1-7-3-2-4-8(5-7)18-9(6-12)16-17-10(18)11(13,14)15/h2-5H,6H2,1H3. The first-order valence-electron chi connectivity index (χ1n) is 5.08. The van der Waals surface area contributed by atoms with Gasteiger partial charge in [-0.05, 0) is 24.6 Å². The molecule has 7 heteroatoms. The Bertz CT molecular complexity index is 563. The number of nitrogens with zero attached hydrogens (tertiary/aromatic N) is 3. The van der Waals surface area contributed by atoms with Crippen LogP contribution in [-0.4, -0.2) is 14.8 Å². The molecule has 2 aromatic rings. The number of halogens is 4. The number of alkyl halides is 4. The first-order chi connectivity index (χ1) is 8.43. The first-order valence-corrected chi connectivity index (χ1v) is 5.61. The zero-order valence-corrected chi connectivity index (χ0v) is 10.1. The molecule has 0 saturated carbocycles. The second-order valence-corrected chi connectivity index (χ2v) is 4.01. The molecule has 0 aliphatic carbocycles. The molecule has 1 aromatic heterocycles. The molecular weight excluding hydrogens is 267 g/mol. The van der Waals surface area contributed by atoms with E-state index in [4.69, 9.17) is 11.6 Å². The maximum Gasteiger partial charge on any atom is 0.452 e. The van der Waals surface area contributed by atoms with Crippen LogP contribution in [0, 0.1) is 6.92 Å². The second-order valence-electron chi connectivity index (χ2n) is 3.75. The van der Waals surface area contributed by atoms with E-state index in [0.29, 0.717) is 5.69 Å². The lowest BCUT2D eigenvalue weighted by Gasteiger charge is -2.11. The monoisotopic (exact) mass is 275 g/mol. The normalized spacial score (nSPS) is 11.8. The van der Waals surface area contributed by atoms with Crippen molar-refractivity contribution in [3.63, 3.8) is 0 Å². The highest BCUT2D eigenvalue weighted by Gasteiger charge is 2.38. The van der Waals surface area contributed by atoms with Crippen LogP contribution in [0.2, 0.25) is 0 Å². The van der Waals surface area contributed by atoms with Gasteiger partial charge in [0, 0.05) is 5.69 Å². The lowest BCUT2D eigenvalue weighted by Crippen LogP contribution is -2.15. The molecule has 0 spiro atoms. The number of hydrogen-bond acceptors (Lipinski definition) is 2. The van der Waals surface area contributed by atoms with E-state index >= 15 is 0 Å². The Hall–Kier alpha value is -1.56. The minimum atomic E-state index is -4.57. The Labute approximate surface area is 106 Å². The summed E-state index contributed by atoms with van der Waals surface area (Å²) in [4.78, 5) is 0. The zero-order valence-electron chi connectivity index (χ0n) is 9.37. The fourth-order valence-corrected chi connectivity index (χ4v) is 1.80. The number of aryl methyl sites for hydroxylation is 1. The van der Waals surface area contributed by atoms with Gasteiger partial charge in [0.25, 0.3) is 0 Å². The predicted octanol–water partition coefficient (Wildman–Crippen LogP) is 3.33. The smallest absolute Gasteiger partial charge is 0.274 e. The molecule has 0 unspecified atom stereocenters. The quantitative estimate of drug-likeness (QED) is 0.787. The van der Waals surface area contributed by atoms with Gasteiger partial charge in [0.05, 0.1) is 5.88 Å². The highest BCUT2D eigenvalue weighted by molar-refractivity contribution is 6.16. The molecule has 0 N–H and O–H groups in total. The van der Waals surface area contributed by atoms with E-state index in [1.165, 1.54) is 0 Å². The molecule has 3 nitrogen and oxygen atoms in total. The molecule has 96 valence electrons. The molecule has 0 bridgehead atoms. The SMILES string of the molecule is Cc1cccc(-n2c(CCl)nnc2C(F)(F)F)c1. The predicted molar refractivity (Wildman–Crippen MR) is 60.7 cm³/mol. The van der Waals surface area contributed by atoms with Crippen molar-refractivity contribution >= 4 is 11.6 Å². The Morgan fingerprint density at radius 1 is 1.28 bits per heavy atom. The molecule has 0 atom stereocenters. The third-order valence-corrected chi connectivity index (χ3v) is 2.60. The molecule has 0 amide bonds. The van der Waals surface area contributed by atoms with Crippen molar-refractivity contribution in [1.82, 2.24) is 14.8 Å².